The third-order valence-electron chi connectivity index (χ3n) is 2.06. The van der Waals surface area contributed by atoms with Crippen LogP contribution in [0.3, 0.4) is 0 Å². The summed E-state index contributed by atoms with van der Waals surface area (Å²) in [4.78, 5) is 22.3. The van der Waals surface area contributed by atoms with Crippen LogP contribution in [0.1, 0.15) is 13.8 Å². The Labute approximate surface area is 110 Å². The number of urea groups is 1. The fourth-order valence-electron chi connectivity index (χ4n) is 1.29. The maximum Gasteiger partial charge on any atom is 0.320 e. The summed E-state index contributed by atoms with van der Waals surface area (Å²) in [6, 6.07) is 2.22. The van der Waals surface area contributed by atoms with Crippen LogP contribution in [0.25, 0.3) is 0 Å². The van der Waals surface area contributed by atoms with Crippen molar-refractivity contribution in [2.45, 2.75) is 20.1 Å². The second kappa shape index (κ2) is 8.22. The van der Waals surface area contributed by atoms with Gasteiger partial charge in [-0.25, -0.2) is 9.89 Å². The Balaban J connectivity index is 2.37. The molecule has 1 heterocycles. The largest absolute Gasteiger partial charge is 0.351 e. The molecule has 0 atom stereocenters. The lowest BCUT2D eigenvalue weighted by atomic mass is 10.5. The van der Waals surface area contributed by atoms with Crippen molar-refractivity contribution >= 4 is 11.8 Å². The van der Waals surface area contributed by atoms with Crippen LogP contribution in [0, 0.1) is 0 Å². The molecule has 19 heavy (non-hydrogen) atoms. The highest BCUT2D eigenvalue weighted by Crippen LogP contribution is 1.96. The average molecular weight is 270 g/mol. The van der Waals surface area contributed by atoms with Crippen LogP contribution in [0.5, 0.6) is 0 Å². The normalized spacial score (nSPS) is 10.5. The molecule has 3 N–H and O–H groups in total. The molecule has 106 valence electrons. The molecular weight excluding hydrogens is 252 g/mol. The third-order valence-corrected chi connectivity index (χ3v) is 2.06. The highest BCUT2D eigenvalue weighted by molar-refractivity contribution is 5.87. The summed E-state index contributed by atoms with van der Waals surface area (Å²) < 4.78 is 10.5. The Bertz CT molecular complexity index is 422. The molecule has 0 aromatic carbocycles. The van der Waals surface area contributed by atoms with Gasteiger partial charge >= 0.3 is 6.03 Å². The van der Waals surface area contributed by atoms with Gasteiger partial charge in [-0.2, -0.15) is 5.10 Å². The molecule has 0 fully saturated rings. The van der Waals surface area contributed by atoms with Crippen molar-refractivity contribution in [2.75, 3.05) is 25.1 Å². The minimum atomic E-state index is -0.482. The summed E-state index contributed by atoms with van der Waals surface area (Å²) in [7, 11) is 0. The Kier molecular flexibility index (Phi) is 6.55. The molecule has 0 aliphatic carbocycles. The molecule has 1 aromatic rings. The number of hydrogen-bond acceptors (Lipinski definition) is 5. The van der Waals surface area contributed by atoms with Gasteiger partial charge in [-0.15, -0.1) is 0 Å². The molecule has 1 aromatic heterocycles. The van der Waals surface area contributed by atoms with E-state index in [0.29, 0.717) is 13.2 Å². The topological polar surface area (TPSA) is 105 Å². The molecule has 0 radical (unpaired) electrons. The molecule has 0 aliphatic heterocycles. The number of carbonyl (C=O) groups excluding carboxylic acids is 1. The molecule has 2 amide bonds. The number of hydrogen-bond donors (Lipinski definition) is 3. The monoisotopic (exact) mass is 270 g/mol. The van der Waals surface area contributed by atoms with Crippen molar-refractivity contribution in [3.05, 3.63) is 22.5 Å². The number of aromatic nitrogens is 2. The van der Waals surface area contributed by atoms with Crippen molar-refractivity contribution in [3.8, 4) is 0 Å². The Hall–Kier alpha value is -1.93. The van der Waals surface area contributed by atoms with E-state index in [1.54, 1.807) is 0 Å². The summed E-state index contributed by atoms with van der Waals surface area (Å²) in [5.74, 6) is 0.251. The van der Waals surface area contributed by atoms with E-state index in [1.807, 2.05) is 13.8 Å². The Morgan fingerprint density at radius 2 is 2.05 bits per heavy atom. The van der Waals surface area contributed by atoms with Crippen molar-refractivity contribution in [1.29, 1.82) is 0 Å². The minimum absolute atomic E-state index is 0.219. The van der Waals surface area contributed by atoms with Crippen LogP contribution >= 0.6 is 0 Å². The van der Waals surface area contributed by atoms with Gasteiger partial charge in [-0.05, 0) is 19.9 Å². The van der Waals surface area contributed by atoms with Crippen LogP contribution < -0.4 is 16.2 Å². The molecule has 1 rings (SSSR count). The first kappa shape index (κ1) is 15.1. The highest BCUT2D eigenvalue weighted by atomic mass is 16.7. The molecule has 0 unspecified atom stereocenters. The lowest BCUT2D eigenvalue weighted by molar-refractivity contribution is -0.131. The smallest absolute Gasteiger partial charge is 0.320 e. The Morgan fingerprint density at radius 3 is 2.58 bits per heavy atom. The number of amides is 2. The second-order valence-electron chi connectivity index (χ2n) is 3.48. The minimum Gasteiger partial charge on any atom is -0.351 e. The van der Waals surface area contributed by atoms with Crippen molar-refractivity contribution in [1.82, 2.24) is 15.5 Å². The van der Waals surface area contributed by atoms with Gasteiger partial charge in [0, 0.05) is 19.3 Å². The van der Waals surface area contributed by atoms with E-state index in [-0.39, 0.29) is 17.9 Å². The lowest BCUT2D eigenvalue weighted by Crippen LogP contribution is -2.38. The summed E-state index contributed by atoms with van der Waals surface area (Å²) in [5, 5.41) is 10.9. The number of anilines is 1. The summed E-state index contributed by atoms with van der Waals surface area (Å²) in [5.41, 5.74) is -0.335. The van der Waals surface area contributed by atoms with Gasteiger partial charge in [0.1, 0.15) is 0 Å². The van der Waals surface area contributed by atoms with Gasteiger partial charge in [-0.1, -0.05) is 0 Å². The first-order valence-electron chi connectivity index (χ1n) is 5.99. The maximum atomic E-state index is 11.5. The zero-order chi connectivity index (χ0) is 14.1. The molecular formula is C11H18N4O4. The van der Waals surface area contributed by atoms with Gasteiger partial charge in [0.2, 0.25) is 0 Å². The van der Waals surface area contributed by atoms with Crippen LogP contribution in [0.2, 0.25) is 0 Å². The van der Waals surface area contributed by atoms with Gasteiger partial charge in [0.15, 0.2) is 12.1 Å². The number of nitrogens with zero attached hydrogens (tertiary/aromatic N) is 1. The summed E-state index contributed by atoms with van der Waals surface area (Å²) >= 11 is 0. The standard InChI is InChI=1S/C11H18N4O4/c1-3-18-10(19-4-2)7-12-11(17)13-8-5-6-9(16)15-14-8/h5-6,10H,3-4,7H2,1-2H3,(H,15,16)(H2,12,13,14,17). The zero-order valence-corrected chi connectivity index (χ0v) is 10.9. The van der Waals surface area contributed by atoms with E-state index in [2.05, 4.69) is 20.8 Å². The van der Waals surface area contributed by atoms with Crippen LogP contribution in [-0.2, 0) is 9.47 Å². The van der Waals surface area contributed by atoms with Crippen molar-refractivity contribution in [3.63, 3.8) is 0 Å². The van der Waals surface area contributed by atoms with Crippen LogP contribution in [0.4, 0.5) is 10.6 Å². The quantitative estimate of drug-likeness (QED) is 0.618. The predicted octanol–water partition coefficient (Wildman–Crippen LogP) is 0.290. The lowest BCUT2D eigenvalue weighted by Gasteiger charge is -2.17. The van der Waals surface area contributed by atoms with Gasteiger partial charge < -0.3 is 14.8 Å². The fraction of sp³-hybridized carbons (Fsp3) is 0.545. The first-order chi connectivity index (χ1) is 9.15. The zero-order valence-electron chi connectivity index (χ0n) is 10.9. The predicted molar refractivity (Wildman–Crippen MR) is 68.9 cm³/mol. The van der Waals surface area contributed by atoms with Crippen LogP contribution in [-0.4, -0.2) is 42.3 Å². The third kappa shape index (κ3) is 5.98. The van der Waals surface area contributed by atoms with Gasteiger partial charge in [-0.3, -0.25) is 10.1 Å². The molecule has 0 bridgehead atoms. The highest BCUT2D eigenvalue weighted by Gasteiger charge is 2.10. The fourth-order valence-corrected chi connectivity index (χ4v) is 1.29. The number of aromatic amines is 1. The van der Waals surface area contributed by atoms with E-state index >= 15 is 0 Å². The van der Waals surface area contributed by atoms with Crippen molar-refractivity contribution < 1.29 is 14.3 Å². The summed E-state index contributed by atoms with van der Waals surface area (Å²) in [6.07, 6.45) is -0.482. The summed E-state index contributed by atoms with van der Waals surface area (Å²) in [6.45, 7) is 4.90. The first-order valence-corrected chi connectivity index (χ1v) is 5.99. The van der Waals surface area contributed by atoms with E-state index in [4.69, 9.17) is 9.47 Å². The number of H-pyrrole nitrogens is 1. The average Bonchev–Trinajstić information content (AvgIpc) is 2.39. The molecule has 0 saturated carbocycles. The SMILES string of the molecule is CCOC(CNC(=O)Nc1ccc(=O)[nH]n1)OCC. The number of nitrogens with one attached hydrogen (secondary N) is 3. The maximum absolute atomic E-state index is 11.5. The molecule has 8 nitrogen and oxygen atoms in total. The van der Waals surface area contributed by atoms with E-state index in [0.717, 1.165) is 0 Å². The molecule has 0 spiro atoms. The van der Waals surface area contributed by atoms with Gasteiger partial charge in [0.25, 0.3) is 5.56 Å². The van der Waals surface area contributed by atoms with Crippen LogP contribution in [0.15, 0.2) is 16.9 Å². The molecule has 0 aliphatic rings. The van der Waals surface area contributed by atoms with E-state index in [9.17, 15) is 9.59 Å². The van der Waals surface area contributed by atoms with E-state index < -0.39 is 12.3 Å². The van der Waals surface area contributed by atoms with E-state index in [1.165, 1.54) is 12.1 Å². The number of rotatable bonds is 7. The Morgan fingerprint density at radius 1 is 1.37 bits per heavy atom. The number of ether oxygens (including phenoxy) is 2. The molecule has 8 heteroatoms. The number of carbonyl (C=O) groups is 1. The van der Waals surface area contributed by atoms with Gasteiger partial charge in [0.05, 0.1) is 6.54 Å². The molecule has 0 saturated heterocycles. The van der Waals surface area contributed by atoms with Crippen molar-refractivity contribution in [2.24, 2.45) is 0 Å². The second-order valence-corrected chi connectivity index (χ2v) is 3.48.